The summed E-state index contributed by atoms with van der Waals surface area (Å²) < 4.78 is 17.6. The van der Waals surface area contributed by atoms with Crippen LogP contribution in [0.4, 0.5) is 27.3 Å². The van der Waals surface area contributed by atoms with Crippen molar-refractivity contribution >= 4 is 81.1 Å². The van der Waals surface area contributed by atoms with Crippen LogP contribution in [0.15, 0.2) is 67.3 Å². The van der Waals surface area contributed by atoms with Crippen LogP contribution in [0.3, 0.4) is 0 Å². The maximum atomic E-state index is 15.5. The number of pyridine rings is 1. The summed E-state index contributed by atoms with van der Waals surface area (Å²) in [6.07, 6.45) is 7.83. The average Bonchev–Trinajstić information content (AvgIpc) is 3.90. The molecule has 8 heterocycles. The van der Waals surface area contributed by atoms with Crippen molar-refractivity contribution in [2.24, 2.45) is 11.8 Å². The molecule has 0 unspecified atom stereocenters. The maximum absolute atomic E-state index is 15.5. The third kappa shape index (κ3) is 9.25. The van der Waals surface area contributed by atoms with Gasteiger partial charge in [-0.3, -0.25) is 43.9 Å². The number of rotatable bonds is 11. The van der Waals surface area contributed by atoms with E-state index in [-0.39, 0.29) is 64.6 Å². The highest BCUT2D eigenvalue weighted by Gasteiger charge is 2.46. The molecule has 5 aliphatic heterocycles. The average molecular weight is 987 g/mol. The first kappa shape index (κ1) is 46.3. The topological polar surface area (TPSA) is 211 Å². The van der Waals surface area contributed by atoms with Crippen LogP contribution >= 0.6 is 11.6 Å². The summed E-state index contributed by atoms with van der Waals surface area (Å²) in [5.41, 5.74) is 3.89. The smallest absolute Gasteiger partial charge is 0.270 e. The van der Waals surface area contributed by atoms with E-state index in [2.05, 4.69) is 70.0 Å². The van der Waals surface area contributed by atoms with Gasteiger partial charge >= 0.3 is 0 Å². The van der Waals surface area contributed by atoms with Gasteiger partial charge in [0.25, 0.3) is 17.7 Å². The first-order valence-electron chi connectivity index (χ1n) is 24.5. The number of benzene rings is 2. The minimum Gasteiger partial charge on any atom is -0.369 e. The van der Waals surface area contributed by atoms with E-state index < -0.39 is 35.5 Å². The lowest BCUT2D eigenvalue weighted by Crippen LogP contribution is -2.54. The number of anilines is 4. The number of piperidine rings is 3. The molecule has 0 radical (unpaired) electrons. The highest BCUT2D eigenvalue weighted by Crippen LogP contribution is 2.37. The van der Waals surface area contributed by atoms with Crippen LogP contribution in [-0.2, 0) is 14.4 Å². The predicted octanol–water partition coefficient (Wildman–Crippen LogP) is 4.57. The van der Waals surface area contributed by atoms with E-state index in [9.17, 15) is 28.8 Å². The summed E-state index contributed by atoms with van der Waals surface area (Å²) >= 11 is 5.96. The zero-order valence-electron chi connectivity index (χ0n) is 38.9. The number of halogens is 2. The zero-order chi connectivity index (χ0) is 48.9. The number of fused-ring (bicyclic) bond motifs is 2. The van der Waals surface area contributed by atoms with E-state index in [1.54, 1.807) is 30.9 Å². The van der Waals surface area contributed by atoms with Gasteiger partial charge in [-0.1, -0.05) is 17.7 Å². The number of hydrogen-bond donors (Lipinski definition) is 3. The number of carbonyl (C=O) groups is 6. The fourth-order valence-electron chi connectivity index (χ4n) is 11.1. The van der Waals surface area contributed by atoms with Gasteiger partial charge in [0.05, 0.1) is 23.1 Å². The molecule has 1 aliphatic carbocycles. The SMILES string of the molecule is O=C1CC[C@H](N2C(=O)c3cc(F)c(N4CCC(C(=O)N5CCC(CN6CCN(c7ccc(Nc8ncnc9c8ncn9C8CC(NC(=O)c9cccc(Cl)n9)C8)cc7)CC6)CC5)CC4)cc3C2=O)C(=O)N1. The van der Waals surface area contributed by atoms with Gasteiger partial charge in [-0.15, -0.1) is 0 Å². The van der Waals surface area contributed by atoms with Crippen molar-refractivity contribution in [2.75, 3.05) is 74.0 Å². The summed E-state index contributed by atoms with van der Waals surface area (Å²) in [6, 6.07) is 14.8. The maximum Gasteiger partial charge on any atom is 0.270 e. The fraction of sp³-hybridized carbons (Fsp3) is 0.440. The summed E-state index contributed by atoms with van der Waals surface area (Å²) in [6.45, 7) is 7.04. The van der Waals surface area contributed by atoms with Gasteiger partial charge in [0, 0.05) is 94.7 Å². The number of amides is 6. The Bertz CT molecular complexity index is 2920. The van der Waals surface area contributed by atoms with Gasteiger partial charge < -0.3 is 29.9 Å². The lowest BCUT2D eigenvalue weighted by molar-refractivity contribution is -0.138. The van der Waals surface area contributed by atoms with Crippen LogP contribution in [0.2, 0.25) is 5.15 Å². The molecule has 0 spiro atoms. The van der Waals surface area contributed by atoms with Crippen LogP contribution in [-0.4, -0.2) is 146 Å². The molecule has 19 nitrogen and oxygen atoms in total. The molecule has 21 heteroatoms. The lowest BCUT2D eigenvalue weighted by Gasteiger charge is -2.41. The van der Waals surface area contributed by atoms with Crippen molar-refractivity contribution in [1.82, 2.24) is 49.8 Å². The molecule has 6 amide bonds. The Hall–Kier alpha value is -7.06. The first-order valence-corrected chi connectivity index (χ1v) is 24.9. The van der Waals surface area contributed by atoms with E-state index in [1.807, 2.05) is 14.4 Å². The number of carbonyl (C=O) groups excluding carboxylic acids is 6. The predicted molar refractivity (Wildman–Crippen MR) is 260 cm³/mol. The molecule has 11 rings (SSSR count). The van der Waals surface area contributed by atoms with Crippen LogP contribution in [0.1, 0.15) is 88.6 Å². The monoisotopic (exact) mass is 985 g/mol. The zero-order valence-corrected chi connectivity index (χ0v) is 39.7. The molecule has 5 fully saturated rings. The van der Waals surface area contributed by atoms with Crippen LogP contribution in [0.5, 0.6) is 0 Å². The van der Waals surface area contributed by atoms with E-state index in [4.69, 9.17) is 11.6 Å². The van der Waals surface area contributed by atoms with Crippen molar-refractivity contribution < 1.29 is 33.2 Å². The second kappa shape index (κ2) is 19.3. The van der Waals surface area contributed by atoms with E-state index in [0.717, 1.165) is 99.5 Å². The molecule has 5 aromatic rings. The van der Waals surface area contributed by atoms with Crippen molar-refractivity contribution in [3.05, 3.63) is 95.0 Å². The Morgan fingerprint density at radius 2 is 1.54 bits per heavy atom. The summed E-state index contributed by atoms with van der Waals surface area (Å²) in [5, 5.41) is 8.92. The van der Waals surface area contributed by atoms with Gasteiger partial charge in [-0.2, -0.15) is 0 Å². The van der Waals surface area contributed by atoms with E-state index >= 15 is 4.39 Å². The molecule has 2 aromatic carbocycles. The van der Waals surface area contributed by atoms with Gasteiger partial charge in [0.15, 0.2) is 17.0 Å². The first-order chi connectivity index (χ1) is 34.4. The van der Waals surface area contributed by atoms with Crippen molar-refractivity contribution in [1.29, 1.82) is 0 Å². The van der Waals surface area contributed by atoms with Crippen molar-refractivity contribution in [2.45, 2.75) is 69.5 Å². The number of imidazole rings is 1. The Balaban J connectivity index is 0.608. The molecule has 3 aromatic heterocycles. The summed E-state index contributed by atoms with van der Waals surface area (Å²) in [4.78, 5) is 104. The van der Waals surface area contributed by atoms with Gasteiger partial charge in [-0.25, -0.2) is 24.3 Å². The Kier molecular flexibility index (Phi) is 12.6. The second-order valence-corrected chi connectivity index (χ2v) is 19.9. The molecule has 1 saturated carbocycles. The third-order valence-corrected chi connectivity index (χ3v) is 15.4. The quantitative estimate of drug-likeness (QED) is 0.122. The molecule has 6 aliphatic rings. The number of imide groups is 2. The van der Waals surface area contributed by atoms with Crippen LogP contribution < -0.4 is 25.8 Å². The summed E-state index contributed by atoms with van der Waals surface area (Å²) in [7, 11) is 0. The highest BCUT2D eigenvalue weighted by molar-refractivity contribution is 6.29. The van der Waals surface area contributed by atoms with Gasteiger partial charge in [0.1, 0.15) is 29.0 Å². The normalized spacial score (nSPS) is 22.4. The van der Waals surface area contributed by atoms with Crippen LogP contribution in [0.25, 0.3) is 11.2 Å². The fourth-order valence-corrected chi connectivity index (χ4v) is 11.2. The molecular weight excluding hydrogens is 933 g/mol. The van der Waals surface area contributed by atoms with E-state index in [1.165, 1.54) is 6.07 Å². The lowest BCUT2D eigenvalue weighted by atomic mass is 9.86. The number of nitrogens with one attached hydrogen (secondary N) is 3. The number of hydrogen-bond acceptors (Lipinski definition) is 14. The van der Waals surface area contributed by atoms with E-state index in [0.29, 0.717) is 48.9 Å². The highest BCUT2D eigenvalue weighted by atomic mass is 35.5. The Labute approximate surface area is 413 Å². The minimum absolute atomic E-state index is 0.000522. The second-order valence-electron chi connectivity index (χ2n) is 19.5. The van der Waals surface area contributed by atoms with Crippen LogP contribution in [0, 0.1) is 17.7 Å². The molecule has 368 valence electrons. The van der Waals surface area contributed by atoms with Gasteiger partial charge in [0.2, 0.25) is 17.7 Å². The van der Waals surface area contributed by atoms with Crippen molar-refractivity contribution in [3.63, 3.8) is 0 Å². The van der Waals surface area contributed by atoms with Gasteiger partial charge in [-0.05, 0) is 99.4 Å². The molecule has 4 saturated heterocycles. The minimum atomic E-state index is -1.13. The summed E-state index contributed by atoms with van der Waals surface area (Å²) in [5.74, 6) is -2.39. The number of nitrogens with zero attached hydrogens (tertiary/aromatic N) is 10. The van der Waals surface area contributed by atoms with Crippen molar-refractivity contribution in [3.8, 4) is 0 Å². The number of piperazine rings is 1. The molecular formula is C50H53ClFN13O6. The Morgan fingerprint density at radius 3 is 2.25 bits per heavy atom. The molecule has 3 N–H and O–H groups in total. The number of likely N-dealkylation sites (tertiary alicyclic amines) is 1. The number of aromatic nitrogens is 5. The molecule has 1 atom stereocenters. The third-order valence-electron chi connectivity index (χ3n) is 15.2. The molecule has 0 bridgehead atoms. The molecule has 71 heavy (non-hydrogen) atoms. The standard InChI is InChI=1S/C50H53ClFN13O6/c51-41-3-1-2-38(58-41)46(67)57-32-22-34(23-32)64-28-55-43-44(53-27-54-45(43)64)56-31-4-6-33(7-5-31)61-20-18-60(19-21-61)26-29-10-14-63(15-11-29)48(69)30-12-16-62(17-13-30)40-25-36-35(24-37(40)52)49(70)65(50(36)71)39-8-9-42(66)59-47(39)68/h1-7,24-25,27-30,32,34,39H,8-23,26H2,(H,57,67)(H,53,54,56)(H,59,66,68)/t32?,34?,39-/m0/s1. The Morgan fingerprint density at radius 1 is 0.803 bits per heavy atom. The largest absolute Gasteiger partial charge is 0.369 e.